The van der Waals surface area contributed by atoms with E-state index >= 15 is 0 Å². The van der Waals surface area contributed by atoms with Gasteiger partial charge in [-0.3, -0.25) is 24.4 Å². The van der Waals surface area contributed by atoms with Crippen molar-refractivity contribution in [2.45, 2.75) is 24.1 Å². The lowest BCUT2D eigenvalue weighted by atomic mass is 10.0. The number of anilines is 1. The maximum atomic E-state index is 13.0. The van der Waals surface area contributed by atoms with Crippen LogP contribution in [-0.2, 0) is 4.79 Å². The van der Waals surface area contributed by atoms with Crippen molar-refractivity contribution in [2.75, 3.05) is 22.6 Å². The van der Waals surface area contributed by atoms with Crippen molar-refractivity contribution in [3.05, 3.63) is 58.0 Å². The fraction of sp³-hybridized carbons (Fsp3) is 0.350. The number of hydrogen-bond acceptors (Lipinski definition) is 5. The zero-order chi connectivity index (χ0) is 19.1. The first kappa shape index (κ1) is 17.9. The van der Waals surface area contributed by atoms with Gasteiger partial charge in [-0.1, -0.05) is 24.3 Å². The number of fused-ring (bicyclic) bond motifs is 2. The van der Waals surface area contributed by atoms with E-state index in [1.807, 2.05) is 46.8 Å². The van der Waals surface area contributed by atoms with Gasteiger partial charge in [-0.2, -0.15) is 11.8 Å². The molecule has 4 heterocycles. The van der Waals surface area contributed by atoms with Gasteiger partial charge in [-0.15, -0.1) is 11.8 Å². The molecule has 1 atom stereocenters. The minimum atomic E-state index is -0.240. The number of nitrogens with one attached hydrogen (secondary N) is 2. The Balaban J connectivity index is 1.68. The number of carbonyl (C=O) groups excluding carboxylic acids is 1. The quantitative estimate of drug-likeness (QED) is 0.673. The molecule has 1 amide bonds. The number of pyridine rings is 1. The Bertz CT molecular complexity index is 1100. The summed E-state index contributed by atoms with van der Waals surface area (Å²) in [5, 5.41) is 6.82. The molecule has 2 aliphatic heterocycles. The molecule has 28 heavy (non-hydrogen) atoms. The molecule has 8 heteroatoms. The van der Waals surface area contributed by atoms with Crippen molar-refractivity contribution in [2.24, 2.45) is 0 Å². The van der Waals surface area contributed by atoms with E-state index in [4.69, 9.17) is 0 Å². The highest BCUT2D eigenvalue weighted by atomic mass is 32.2. The van der Waals surface area contributed by atoms with Crippen LogP contribution in [-0.4, -0.2) is 37.9 Å². The molecule has 1 aromatic carbocycles. The first-order valence-electron chi connectivity index (χ1n) is 9.39. The first-order valence-corrected chi connectivity index (χ1v) is 11.6. The summed E-state index contributed by atoms with van der Waals surface area (Å²) in [4.78, 5) is 30.1. The van der Waals surface area contributed by atoms with Gasteiger partial charge in [-0.25, -0.2) is 0 Å². The molecule has 0 aliphatic carbocycles. The van der Waals surface area contributed by atoms with Crippen molar-refractivity contribution < 1.29 is 4.79 Å². The predicted octanol–water partition coefficient (Wildman–Crippen LogP) is 3.57. The molecule has 3 aromatic rings. The second-order valence-corrected chi connectivity index (χ2v) is 9.40. The SMILES string of the molecule is O=C1CS[C@H](c2cccc3cccnc23)c2c(n(C3CCSCC3)[nH]c2=O)N1. The largest absolute Gasteiger partial charge is 0.310 e. The number of carbonyl (C=O) groups is 1. The van der Waals surface area contributed by atoms with Gasteiger partial charge in [0.25, 0.3) is 5.56 Å². The average molecular weight is 413 g/mol. The number of H-pyrrole nitrogens is 1. The molecule has 0 spiro atoms. The van der Waals surface area contributed by atoms with Crippen LogP contribution < -0.4 is 10.9 Å². The lowest BCUT2D eigenvalue weighted by molar-refractivity contribution is -0.113. The summed E-state index contributed by atoms with van der Waals surface area (Å²) in [6, 6.07) is 10.2. The van der Waals surface area contributed by atoms with Crippen LogP contribution in [0.2, 0.25) is 0 Å². The minimum Gasteiger partial charge on any atom is -0.310 e. The molecule has 144 valence electrons. The van der Waals surface area contributed by atoms with Gasteiger partial charge < -0.3 is 5.32 Å². The number of para-hydroxylation sites is 1. The normalized spacial score (nSPS) is 20.6. The summed E-state index contributed by atoms with van der Waals surface area (Å²) < 4.78 is 1.91. The monoisotopic (exact) mass is 412 g/mol. The minimum absolute atomic E-state index is 0.0696. The van der Waals surface area contributed by atoms with E-state index in [0.717, 1.165) is 40.8 Å². The molecule has 5 rings (SSSR count). The summed E-state index contributed by atoms with van der Waals surface area (Å²) in [5.41, 5.74) is 2.36. The van der Waals surface area contributed by atoms with Crippen LogP contribution >= 0.6 is 23.5 Å². The van der Waals surface area contributed by atoms with Crippen LogP contribution in [0, 0.1) is 0 Å². The van der Waals surface area contributed by atoms with Crippen molar-refractivity contribution in [1.82, 2.24) is 14.8 Å². The molecular formula is C20H20N4O2S2. The molecule has 6 nitrogen and oxygen atoms in total. The second-order valence-electron chi connectivity index (χ2n) is 7.08. The molecule has 1 saturated heterocycles. The number of aromatic nitrogens is 3. The van der Waals surface area contributed by atoms with E-state index in [1.165, 1.54) is 11.8 Å². The van der Waals surface area contributed by atoms with Gasteiger partial charge in [0.2, 0.25) is 5.91 Å². The number of amides is 1. The maximum Gasteiger partial charge on any atom is 0.270 e. The topological polar surface area (TPSA) is 79.8 Å². The van der Waals surface area contributed by atoms with E-state index in [2.05, 4.69) is 15.4 Å². The number of nitrogens with zero attached hydrogens (tertiary/aromatic N) is 2. The third kappa shape index (κ3) is 3.04. The van der Waals surface area contributed by atoms with Crippen LogP contribution in [0.25, 0.3) is 10.9 Å². The van der Waals surface area contributed by atoms with E-state index in [1.54, 1.807) is 6.20 Å². The summed E-state index contributed by atoms with van der Waals surface area (Å²) in [6.45, 7) is 0. The Labute approximate surface area is 170 Å². The molecule has 0 unspecified atom stereocenters. The van der Waals surface area contributed by atoms with Gasteiger partial charge in [0.15, 0.2) is 0 Å². The van der Waals surface area contributed by atoms with E-state index in [-0.39, 0.29) is 22.8 Å². The first-order chi connectivity index (χ1) is 13.7. The summed E-state index contributed by atoms with van der Waals surface area (Å²) in [6.07, 6.45) is 3.75. The maximum absolute atomic E-state index is 13.0. The van der Waals surface area contributed by atoms with Crippen LogP contribution in [0.5, 0.6) is 0 Å². The fourth-order valence-electron chi connectivity index (χ4n) is 4.05. The van der Waals surface area contributed by atoms with Gasteiger partial charge in [0.1, 0.15) is 5.82 Å². The lowest BCUT2D eigenvalue weighted by Gasteiger charge is -2.24. The fourth-order valence-corrected chi connectivity index (χ4v) is 6.27. The highest BCUT2D eigenvalue weighted by Crippen LogP contribution is 2.43. The molecule has 0 bridgehead atoms. The Kier molecular flexibility index (Phi) is 4.68. The van der Waals surface area contributed by atoms with Crippen LogP contribution in [0.3, 0.4) is 0 Å². The van der Waals surface area contributed by atoms with Gasteiger partial charge in [0, 0.05) is 11.6 Å². The molecule has 0 saturated carbocycles. The van der Waals surface area contributed by atoms with E-state index in [0.29, 0.717) is 17.1 Å². The number of benzene rings is 1. The summed E-state index contributed by atoms with van der Waals surface area (Å²) in [5.74, 6) is 3.01. The zero-order valence-electron chi connectivity index (χ0n) is 15.2. The number of aromatic amines is 1. The summed E-state index contributed by atoms with van der Waals surface area (Å²) in [7, 11) is 0. The lowest BCUT2D eigenvalue weighted by Crippen LogP contribution is -2.22. The van der Waals surface area contributed by atoms with Crippen molar-refractivity contribution >= 4 is 46.2 Å². The van der Waals surface area contributed by atoms with Gasteiger partial charge >= 0.3 is 0 Å². The van der Waals surface area contributed by atoms with E-state index < -0.39 is 0 Å². The molecule has 1 fully saturated rings. The molecular weight excluding hydrogens is 392 g/mol. The van der Waals surface area contributed by atoms with Gasteiger partial charge in [-0.05, 0) is 36.0 Å². The standard InChI is InChI=1S/C20H20N4O2S2/c25-15-11-28-18(14-5-1-3-12-4-2-8-21-17(12)14)16-19(22-15)24(23-20(16)26)13-6-9-27-10-7-13/h1-5,8,13,18H,6-7,9-11H2,(H,22,25)(H,23,26)/t18-/m1/s1. The van der Waals surface area contributed by atoms with Crippen molar-refractivity contribution in [1.29, 1.82) is 0 Å². The second kappa shape index (κ2) is 7.33. The van der Waals surface area contributed by atoms with Crippen molar-refractivity contribution in [3.8, 4) is 0 Å². The predicted molar refractivity (Wildman–Crippen MR) is 115 cm³/mol. The van der Waals surface area contributed by atoms with Crippen molar-refractivity contribution in [3.63, 3.8) is 0 Å². The highest BCUT2D eigenvalue weighted by molar-refractivity contribution is 8.00. The van der Waals surface area contributed by atoms with Crippen LogP contribution in [0.15, 0.2) is 41.3 Å². The Hall–Kier alpha value is -2.19. The number of hydrogen-bond donors (Lipinski definition) is 2. The molecule has 2 aromatic heterocycles. The molecule has 2 aliphatic rings. The third-order valence-electron chi connectivity index (χ3n) is 5.37. The van der Waals surface area contributed by atoms with Crippen LogP contribution in [0.1, 0.15) is 35.3 Å². The zero-order valence-corrected chi connectivity index (χ0v) is 16.8. The number of thioether (sulfide) groups is 2. The van der Waals surface area contributed by atoms with E-state index in [9.17, 15) is 9.59 Å². The highest BCUT2D eigenvalue weighted by Gasteiger charge is 2.33. The Morgan fingerprint density at radius 2 is 1.93 bits per heavy atom. The smallest absolute Gasteiger partial charge is 0.270 e. The molecule has 0 radical (unpaired) electrons. The molecule has 2 N–H and O–H groups in total. The Morgan fingerprint density at radius 1 is 1.11 bits per heavy atom. The van der Waals surface area contributed by atoms with Gasteiger partial charge in [0.05, 0.1) is 28.1 Å². The number of rotatable bonds is 2. The van der Waals surface area contributed by atoms with Crippen LogP contribution in [0.4, 0.5) is 5.82 Å². The summed E-state index contributed by atoms with van der Waals surface area (Å²) >= 11 is 3.42. The Morgan fingerprint density at radius 3 is 2.79 bits per heavy atom. The third-order valence-corrected chi connectivity index (χ3v) is 7.67. The average Bonchev–Trinajstić information content (AvgIpc) is 2.94.